The molecule has 0 aliphatic carbocycles. The molecular formula is C27H31N7O3. The molecule has 2 aliphatic heterocycles. The van der Waals surface area contributed by atoms with Gasteiger partial charge in [-0.25, -0.2) is 15.0 Å². The molecule has 0 saturated carbocycles. The zero-order valence-electron chi connectivity index (χ0n) is 21.2. The van der Waals surface area contributed by atoms with Gasteiger partial charge in [0.2, 0.25) is 11.8 Å². The summed E-state index contributed by atoms with van der Waals surface area (Å²) in [4.78, 5) is 15.6. The van der Waals surface area contributed by atoms with Gasteiger partial charge in [-0.3, -0.25) is 4.90 Å². The molecule has 0 amide bonds. The van der Waals surface area contributed by atoms with Gasteiger partial charge >= 0.3 is 0 Å². The molecule has 1 atom stereocenters. The number of nitrogens with zero attached hydrogens (tertiary/aromatic N) is 5. The van der Waals surface area contributed by atoms with E-state index in [1.807, 2.05) is 24.3 Å². The molecular weight excluding hydrogens is 470 g/mol. The summed E-state index contributed by atoms with van der Waals surface area (Å²) in [5.74, 6) is 0.867. The van der Waals surface area contributed by atoms with Crippen molar-refractivity contribution in [2.24, 2.45) is 0 Å². The van der Waals surface area contributed by atoms with E-state index in [9.17, 15) is 5.26 Å². The number of anilines is 3. The maximum atomic E-state index is 9.91. The van der Waals surface area contributed by atoms with Gasteiger partial charge in [-0.1, -0.05) is 6.92 Å². The van der Waals surface area contributed by atoms with E-state index in [1.54, 1.807) is 19.5 Å². The Hall–Kier alpha value is -3.78. The van der Waals surface area contributed by atoms with Crippen LogP contribution in [0, 0.1) is 11.3 Å². The van der Waals surface area contributed by atoms with Gasteiger partial charge in [-0.2, -0.15) is 5.26 Å². The first kappa shape index (κ1) is 24.9. The second kappa shape index (κ2) is 11.1. The zero-order chi connectivity index (χ0) is 25.7. The SMILES string of the molecule is COc1ncccc1Nc1nccc(-c2cc(C#N)c3c(c2)C(C)(COCCN2CCOCC2)CN3)n1. The van der Waals surface area contributed by atoms with Crippen molar-refractivity contribution in [2.45, 2.75) is 12.3 Å². The van der Waals surface area contributed by atoms with Gasteiger partial charge < -0.3 is 24.8 Å². The van der Waals surface area contributed by atoms with Crippen LogP contribution in [0.4, 0.5) is 17.3 Å². The lowest BCUT2D eigenvalue weighted by molar-refractivity contribution is 0.0149. The van der Waals surface area contributed by atoms with Crippen molar-refractivity contribution in [3.05, 3.63) is 53.9 Å². The number of ether oxygens (including phenoxy) is 3. The van der Waals surface area contributed by atoms with Crippen molar-refractivity contribution < 1.29 is 14.2 Å². The maximum Gasteiger partial charge on any atom is 0.237 e. The predicted octanol–water partition coefficient (Wildman–Crippen LogP) is 3.19. The highest BCUT2D eigenvalue weighted by atomic mass is 16.5. The smallest absolute Gasteiger partial charge is 0.237 e. The highest BCUT2D eigenvalue weighted by molar-refractivity contribution is 5.76. The van der Waals surface area contributed by atoms with Crippen LogP contribution in [0.2, 0.25) is 0 Å². The van der Waals surface area contributed by atoms with Crippen LogP contribution in [0.1, 0.15) is 18.1 Å². The molecule has 2 N–H and O–H groups in total. The average molecular weight is 502 g/mol. The Morgan fingerprint density at radius 3 is 2.89 bits per heavy atom. The first-order valence-corrected chi connectivity index (χ1v) is 12.4. The zero-order valence-corrected chi connectivity index (χ0v) is 21.2. The van der Waals surface area contributed by atoms with Crippen LogP contribution in [0.5, 0.6) is 5.88 Å². The molecule has 0 bridgehead atoms. The van der Waals surface area contributed by atoms with Crippen molar-refractivity contribution in [1.82, 2.24) is 19.9 Å². The van der Waals surface area contributed by atoms with Crippen molar-refractivity contribution in [3.8, 4) is 23.2 Å². The van der Waals surface area contributed by atoms with Crippen LogP contribution >= 0.6 is 0 Å². The standard InChI is InChI=1S/C27H31N7O3/c1-27(18-37-13-10-34-8-11-36-12-9-34)17-31-24-20(16-28)14-19(15-21(24)27)22-5-7-30-26(32-22)33-23-4-3-6-29-25(23)35-2/h3-7,14-15,31H,8-13,17-18H2,1-2H3,(H,30,32,33). The monoisotopic (exact) mass is 501 g/mol. The largest absolute Gasteiger partial charge is 0.480 e. The molecule has 3 aromatic rings. The van der Waals surface area contributed by atoms with Crippen LogP contribution in [0.25, 0.3) is 11.3 Å². The Bertz CT molecular complexity index is 1290. The molecule has 2 aliphatic rings. The first-order chi connectivity index (χ1) is 18.1. The van der Waals surface area contributed by atoms with E-state index in [0.29, 0.717) is 48.5 Å². The van der Waals surface area contributed by atoms with Crippen LogP contribution in [-0.4, -0.2) is 79.6 Å². The van der Waals surface area contributed by atoms with E-state index in [0.717, 1.165) is 49.7 Å². The summed E-state index contributed by atoms with van der Waals surface area (Å²) in [6.45, 7) is 8.45. The number of morpholine rings is 1. The molecule has 10 nitrogen and oxygen atoms in total. The molecule has 4 heterocycles. The van der Waals surface area contributed by atoms with Crippen LogP contribution in [0.3, 0.4) is 0 Å². The van der Waals surface area contributed by atoms with Gasteiger partial charge in [0.25, 0.3) is 0 Å². The summed E-state index contributed by atoms with van der Waals surface area (Å²) < 4.78 is 16.9. The molecule has 5 rings (SSSR count). The molecule has 0 radical (unpaired) electrons. The summed E-state index contributed by atoms with van der Waals surface area (Å²) in [7, 11) is 1.57. The number of rotatable bonds is 9. The van der Waals surface area contributed by atoms with Gasteiger partial charge in [0.05, 0.1) is 50.5 Å². The normalized spacial score (nSPS) is 19.1. The van der Waals surface area contributed by atoms with Gasteiger partial charge in [0.15, 0.2) is 0 Å². The third kappa shape index (κ3) is 5.49. The number of fused-ring (bicyclic) bond motifs is 1. The van der Waals surface area contributed by atoms with Crippen molar-refractivity contribution >= 4 is 17.3 Å². The molecule has 0 spiro atoms. The lowest BCUT2D eigenvalue weighted by Gasteiger charge is -2.28. The lowest BCUT2D eigenvalue weighted by atomic mass is 9.83. The fourth-order valence-corrected chi connectivity index (χ4v) is 4.72. The molecule has 10 heteroatoms. The molecule has 2 aromatic heterocycles. The topological polar surface area (TPSA) is 117 Å². The number of benzene rings is 1. The summed E-state index contributed by atoms with van der Waals surface area (Å²) in [6, 6.07) is 11.8. The first-order valence-electron chi connectivity index (χ1n) is 12.4. The van der Waals surface area contributed by atoms with Crippen LogP contribution < -0.4 is 15.4 Å². The highest BCUT2D eigenvalue weighted by Gasteiger charge is 2.37. The fourth-order valence-electron chi connectivity index (χ4n) is 4.72. The molecule has 37 heavy (non-hydrogen) atoms. The van der Waals surface area contributed by atoms with Gasteiger partial charge in [-0.05, 0) is 35.9 Å². The Kier molecular flexibility index (Phi) is 7.46. The van der Waals surface area contributed by atoms with Gasteiger partial charge in [-0.15, -0.1) is 0 Å². The number of pyridine rings is 1. The lowest BCUT2D eigenvalue weighted by Crippen LogP contribution is -2.39. The van der Waals surface area contributed by atoms with Crippen molar-refractivity contribution in [2.75, 3.05) is 70.3 Å². The Balaban J connectivity index is 1.35. The summed E-state index contributed by atoms with van der Waals surface area (Å²) in [5, 5.41) is 16.5. The van der Waals surface area contributed by atoms with E-state index in [-0.39, 0.29) is 5.41 Å². The molecule has 192 valence electrons. The van der Waals surface area contributed by atoms with E-state index < -0.39 is 0 Å². The number of hydrogen-bond acceptors (Lipinski definition) is 10. The quantitative estimate of drug-likeness (QED) is 0.423. The van der Waals surface area contributed by atoms with Gasteiger partial charge in [0.1, 0.15) is 11.8 Å². The van der Waals surface area contributed by atoms with E-state index in [2.05, 4.69) is 44.6 Å². The summed E-state index contributed by atoms with van der Waals surface area (Å²) in [6.07, 6.45) is 3.35. The van der Waals surface area contributed by atoms with E-state index >= 15 is 0 Å². The Morgan fingerprint density at radius 1 is 1.22 bits per heavy atom. The number of methoxy groups -OCH3 is 1. The number of aromatic nitrogens is 3. The summed E-state index contributed by atoms with van der Waals surface area (Å²) in [5.41, 5.74) is 4.49. The molecule has 1 unspecified atom stereocenters. The molecule has 1 fully saturated rings. The number of hydrogen-bond donors (Lipinski definition) is 2. The molecule has 1 saturated heterocycles. The predicted molar refractivity (Wildman–Crippen MR) is 140 cm³/mol. The van der Waals surface area contributed by atoms with E-state index in [4.69, 9.17) is 19.2 Å². The van der Waals surface area contributed by atoms with Crippen LogP contribution in [0.15, 0.2) is 42.7 Å². The van der Waals surface area contributed by atoms with E-state index in [1.165, 1.54) is 0 Å². The maximum absolute atomic E-state index is 9.91. The van der Waals surface area contributed by atoms with Gasteiger partial charge in [0, 0.05) is 49.6 Å². The summed E-state index contributed by atoms with van der Waals surface area (Å²) >= 11 is 0. The minimum absolute atomic E-state index is 0.265. The minimum atomic E-state index is -0.265. The second-order valence-corrected chi connectivity index (χ2v) is 9.43. The Labute approximate surface area is 216 Å². The molecule has 1 aromatic carbocycles. The third-order valence-corrected chi connectivity index (χ3v) is 6.80. The van der Waals surface area contributed by atoms with Crippen molar-refractivity contribution in [3.63, 3.8) is 0 Å². The minimum Gasteiger partial charge on any atom is -0.480 e. The number of nitriles is 1. The number of nitrogens with one attached hydrogen (secondary N) is 2. The average Bonchev–Trinajstić information content (AvgIpc) is 3.28. The fraction of sp³-hybridized carbons (Fsp3) is 0.407. The Morgan fingerprint density at radius 2 is 2.08 bits per heavy atom. The van der Waals surface area contributed by atoms with Crippen molar-refractivity contribution in [1.29, 1.82) is 5.26 Å². The third-order valence-electron chi connectivity index (χ3n) is 6.80. The second-order valence-electron chi connectivity index (χ2n) is 9.43. The van der Waals surface area contributed by atoms with Crippen LogP contribution in [-0.2, 0) is 14.9 Å². The highest BCUT2D eigenvalue weighted by Crippen LogP contribution is 2.41.